The molecule has 0 aromatic heterocycles. The predicted octanol–water partition coefficient (Wildman–Crippen LogP) is 2.34. The van der Waals surface area contributed by atoms with Gasteiger partial charge in [-0.2, -0.15) is 0 Å². The van der Waals surface area contributed by atoms with Crippen molar-refractivity contribution in [3.63, 3.8) is 0 Å². The number of hydrogen-bond donors (Lipinski definition) is 0. The fourth-order valence-corrected chi connectivity index (χ4v) is 4.23. The summed E-state index contributed by atoms with van der Waals surface area (Å²) in [6.07, 6.45) is 3.14. The van der Waals surface area contributed by atoms with Crippen LogP contribution in [-0.2, 0) is 9.53 Å². The molecule has 0 radical (unpaired) electrons. The van der Waals surface area contributed by atoms with Gasteiger partial charge in [0, 0.05) is 11.3 Å². The molecule has 4 bridgehead atoms. The zero-order valence-corrected chi connectivity index (χ0v) is 9.89. The molecule has 0 amide bonds. The molecule has 3 aliphatic rings. The molecule has 3 rings (SSSR count). The standard InChI is InChI=1S/C13H18O2/c1-8-5-9-11(2)6-12(3,10(8)14)13(9,4)15-7-11/h5,9H,6-7H2,1-4H3/t9-,11-,12-,13+/m0/s1. The number of carbonyl (C=O) groups is 1. The number of ketones is 1. The van der Waals surface area contributed by atoms with Crippen LogP contribution in [0.1, 0.15) is 34.1 Å². The van der Waals surface area contributed by atoms with Crippen molar-refractivity contribution in [1.82, 2.24) is 0 Å². The molecule has 0 aromatic carbocycles. The lowest BCUT2D eigenvalue weighted by Gasteiger charge is -2.44. The van der Waals surface area contributed by atoms with Crippen molar-refractivity contribution < 1.29 is 9.53 Å². The van der Waals surface area contributed by atoms with E-state index in [-0.39, 0.29) is 16.4 Å². The Hall–Kier alpha value is -0.630. The molecule has 82 valence electrons. The summed E-state index contributed by atoms with van der Waals surface area (Å²) in [4.78, 5) is 12.3. The Morgan fingerprint density at radius 2 is 2.07 bits per heavy atom. The van der Waals surface area contributed by atoms with E-state index in [9.17, 15) is 4.79 Å². The summed E-state index contributed by atoms with van der Waals surface area (Å²) in [7, 11) is 0. The number of carbonyl (C=O) groups excluding carboxylic acids is 1. The maximum Gasteiger partial charge on any atom is 0.167 e. The van der Waals surface area contributed by atoms with E-state index >= 15 is 0 Å². The first-order valence-electron chi connectivity index (χ1n) is 5.71. The molecule has 1 heterocycles. The highest BCUT2D eigenvalue weighted by molar-refractivity contribution is 6.02. The number of rotatable bonds is 0. The third kappa shape index (κ3) is 0.770. The Balaban J connectivity index is 2.27. The summed E-state index contributed by atoms with van der Waals surface area (Å²) < 4.78 is 5.97. The van der Waals surface area contributed by atoms with Crippen molar-refractivity contribution in [2.45, 2.75) is 39.7 Å². The lowest BCUT2D eigenvalue weighted by Crippen LogP contribution is -2.52. The molecular weight excluding hydrogens is 188 g/mol. The Morgan fingerprint density at radius 1 is 1.40 bits per heavy atom. The van der Waals surface area contributed by atoms with Crippen LogP contribution in [0.5, 0.6) is 0 Å². The van der Waals surface area contributed by atoms with Gasteiger partial charge in [0.15, 0.2) is 5.78 Å². The Kier molecular flexibility index (Phi) is 1.42. The molecule has 2 nitrogen and oxygen atoms in total. The highest BCUT2D eigenvalue weighted by Gasteiger charge is 2.72. The molecule has 4 atom stereocenters. The monoisotopic (exact) mass is 206 g/mol. The second-order valence-corrected chi connectivity index (χ2v) is 6.22. The van der Waals surface area contributed by atoms with E-state index in [1.54, 1.807) is 0 Å². The molecule has 2 fully saturated rings. The summed E-state index contributed by atoms with van der Waals surface area (Å²) in [6, 6.07) is 0. The fourth-order valence-electron chi connectivity index (χ4n) is 4.23. The third-order valence-corrected chi connectivity index (χ3v) is 5.18. The van der Waals surface area contributed by atoms with E-state index in [0.717, 1.165) is 18.6 Å². The van der Waals surface area contributed by atoms with Crippen molar-refractivity contribution in [3.8, 4) is 0 Å². The summed E-state index contributed by atoms with van der Waals surface area (Å²) in [5.74, 6) is 0.720. The zero-order chi connectivity index (χ0) is 11.1. The van der Waals surface area contributed by atoms with E-state index in [2.05, 4.69) is 26.8 Å². The Labute approximate surface area is 90.7 Å². The molecule has 15 heavy (non-hydrogen) atoms. The molecule has 1 saturated heterocycles. The molecule has 2 heteroatoms. The Bertz CT molecular complexity index is 397. The predicted molar refractivity (Wildman–Crippen MR) is 57.4 cm³/mol. The van der Waals surface area contributed by atoms with Crippen molar-refractivity contribution in [1.29, 1.82) is 0 Å². The SMILES string of the molecule is CC1=C[C@H]2[C@]3(C)CO[C@@]2(C)[C@@](C)(C3)C1=O. The van der Waals surface area contributed by atoms with Gasteiger partial charge in [0.25, 0.3) is 0 Å². The van der Waals surface area contributed by atoms with E-state index in [4.69, 9.17) is 4.74 Å². The van der Waals surface area contributed by atoms with Crippen LogP contribution in [0.2, 0.25) is 0 Å². The number of Topliss-reactive ketones (excluding diaryl/α,β-unsaturated/α-hetero) is 1. The maximum absolute atomic E-state index is 12.3. The number of ether oxygens (including phenoxy) is 1. The second-order valence-electron chi connectivity index (χ2n) is 6.22. The van der Waals surface area contributed by atoms with Crippen LogP contribution in [-0.4, -0.2) is 18.0 Å². The minimum absolute atomic E-state index is 0.178. The van der Waals surface area contributed by atoms with Crippen LogP contribution in [0, 0.1) is 16.7 Å². The number of hydrogen-bond acceptors (Lipinski definition) is 2. The van der Waals surface area contributed by atoms with Crippen LogP contribution in [0.25, 0.3) is 0 Å². The quantitative estimate of drug-likeness (QED) is 0.608. The van der Waals surface area contributed by atoms with Gasteiger partial charge in [-0.05, 0) is 32.8 Å². The first kappa shape index (κ1) is 9.59. The van der Waals surface area contributed by atoms with Gasteiger partial charge in [0.05, 0.1) is 17.6 Å². The molecule has 0 N–H and O–H groups in total. The van der Waals surface area contributed by atoms with Crippen molar-refractivity contribution in [3.05, 3.63) is 11.6 Å². The van der Waals surface area contributed by atoms with Gasteiger partial charge in [-0.25, -0.2) is 0 Å². The summed E-state index contributed by atoms with van der Waals surface area (Å²) in [5, 5.41) is 0. The lowest BCUT2D eigenvalue weighted by molar-refractivity contribution is -0.151. The van der Waals surface area contributed by atoms with Gasteiger partial charge in [-0.3, -0.25) is 4.79 Å². The van der Waals surface area contributed by atoms with Crippen LogP contribution < -0.4 is 0 Å². The summed E-state index contributed by atoms with van der Waals surface area (Å²) in [6.45, 7) is 9.22. The minimum Gasteiger partial charge on any atom is -0.373 e. The van der Waals surface area contributed by atoms with Crippen LogP contribution in [0.4, 0.5) is 0 Å². The van der Waals surface area contributed by atoms with Gasteiger partial charge in [0.2, 0.25) is 0 Å². The number of allylic oxidation sites excluding steroid dienone is 1. The summed E-state index contributed by atoms with van der Waals surface area (Å²) in [5.41, 5.74) is 0.577. The van der Waals surface area contributed by atoms with Gasteiger partial charge >= 0.3 is 0 Å². The average molecular weight is 206 g/mol. The molecule has 0 aromatic rings. The molecule has 1 aliphatic heterocycles. The molecular formula is C13H18O2. The van der Waals surface area contributed by atoms with Gasteiger partial charge < -0.3 is 4.74 Å². The Morgan fingerprint density at radius 3 is 2.73 bits per heavy atom. The van der Waals surface area contributed by atoms with E-state index < -0.39 is 0 Å². The van der Waals surface area contributed by atoms with Crippen LogP contribution in [0.3, 0.4) is 0 Å². The zero-order valence-electron chi connectivity index (χ0n) is 9.89. The fraction of sp³-hybridized carbons (Fsp3) is 0.769. The lowest BCUT2D eigenvalue weighted by atomic mass is 9.66. The van der Waals surface area contributed by atoms with Gasteiger partial charge in [-0.1, -0.05) is 13.0 Å². The van der Waals surface area contributed by atoms with Gasteiger partial charge in [-0.15, -0.1) is 0 Å². The third-order valence-electron chi connectivity index (χ3n) is 5.18. The molecule has 0 spiro atoms. The van der Waals surface area contributed by atoms with E-state index in [1.165, 1.54) is 0 Å². The van der Waals surface area contributed by atoms with Crippen molar-refractivity contribution >= 4 is 5.78 Å². The molecule has 2 aliphatic carbocycles. The maximum atomic E-state index is 12.3. The van der Waals surface area contributed by atoms with E-state index in [1.807, 2.05) is 6.92 Å². The van der Waals surface area contributed by atoms with Crippen molar-refractivity contribution in [2.24, 2.45) is 16.7 Å². The highest BCUT2D eigenvalue weighted by Crippen LogP contribution is 2.68. The van der Waals surface area contributed by atoms with Crippen molar-refractivity contribution in [2.75, 3.05) is 6.61 Å². The smallest absolute Gasteiger partial charge is 0.167 e. The van der Waals surface area contributed by atoms with Gasteiger partial charge in [0.1, 0.15) is 0 Å². The first-order chi connectivity index (χ1) is 6.83. The van der Waals surface area contributed by atoms with Crippen LogP contribution >= 0.6 is 0 Å². The topological polar surface area (TPSA) is 26.3 Å². The first-order valence-corrected chi connectivity index (χ1v) is 5.71. The largest absolute Gasteiger partial charge is 0.373 e. The average Bonchev–Trinajstić information content (AvgIpc) is 2.46. The summed E-state index contributed by atoms with van der Waals surface area (Å²) >= 11 is 0. The molecule has 0 unspecified atom stereocenters. The molecule has 1 saturated carbocycles. The second kappa shape index (κ2) is 2.22. The highest BCUT2D eigenvalue weighted by atomic mass is 16.5. The minimum atomic E-state index is -0.288. The normalized spacial score (nSPS) is 57.2. The van der Waals surface area contributed by atoms with E-state index in [0.29, 0.717) is 11.7 Å². The van der Waals surface area contributed by atoms with Crippen LogP contribution in [0.15, 0.2) is 11.6 Å².